The van der Waals surface area contributed by atoms with E-state index in [1.807, 2.05) is 30.3 Å². The summed E-state index contributed by atoms with van der Waals surface area (Å²) in [4.78, 5) is 37.5. The molecule has 32 heavy (non-hydrogen) atoms. The van der Waals surface area contributed by atoms with E-state index in [1.165, 1.54) is 12.1 Å². The normalized spacial score (nSPS) is 11.7. The van der Waals surface area contributed by atoms with E-state index in [4.69, 9.17) is 9.47 Å². The highest BCUT2D eigenvalue weighted by molar-refractivity contribution is 5.97. The van der Waals surface area contributed by atoms with E-state index in [9.17, 15) is 14.4 Å². The maximum Gasteiger partial charge on any atom is 0.316 e. The summed E-state index contributed by atoms with van der Waals surface area (Å²) >= 11 is 0. The van der Waals surface area contributed by atoms with E-state index in [-0.39, 0.29) is 23.7 Å². The number of carbonyl (C=O) groups excluding carboxylic acids is 3. The second-order valence-corrected chi connectivity index (χ2v) is 9.78. The van der Waals surface area contributed by atoms with E-state index < -0.39 is 22.8 Å². The van der Waals surface area contributed by atoms with Crippen LogP contribution in [-0.2, 0) is 16.1 Å². The third-order valence-electron chi connectivity index (χ3n) is 4.60. The van der Waals surface area contributed by atoms with Crippen LogP contribution in [0.25, 0.3) is 0 Å². The quantitative estimate of drug-likeness (QED) is 0.271. The van der Waals surface area contributed by atoms with Crippen molar-refractivity contribution in [2.75, 3.05) is 6.54 Å². The molecule has 0 saturated carbocycles. The third-order valence-corrected chi connectivity index (χ3v) is 4.60. The van der Waals surface area contributed by atoms with Gasteiger partial charge in [-0.2, -0.15) is 0 Å². The number of ether oxygens (including phenoxy) is 2. The lowest BCUT2D eigenvalue weighted by Gasteiger charge is -2.20. The van der Waals surface area contributed by atoms with Gasteiger partial charge in [-0.1, -0.05) is 30.3 Å². The third kappa shape index (κ3) is 7.61. The smallest absolute Gasteiger partial charge is 0.316 e. The van der Waals surface area contributed by atoms with Crippen molar-refractivity contribution < 1.29 is 23.9 Å². The molecular formula is C26H33NO5. The van der Waals surface area contributed by atoms with Gasteiger partial charge in [0.1, 0.15) is 0 Å². The van der Waals surface area contributed by atoms with Crippen LogP contribution in [0, 0.1) is 10.8 Å². The van der Waals surface area contributed by atoms with Crippen molar-refractivity contribution in [1.29, 1.82) is 0 Å². The van der Waals surface area contributed by atoms with Gasteiger partial charge >= 0.3 is 11.9 Å². The molecule has 6 nitrogen and oxygen atoms in total. The van der Waals surface area contributed by atoms with Crippen LogP contribution < -0.4 is 14.8 Å². The molecule has 6 heteroatoms. The summed E-state index contributed by atoms with van der Waals surface area (Å²) in [6.07, 6.45) is 0.278. The molecule has 2 rings (SSSR count). The summed E-state index contributed by atoms with van der Waals surface area (Å²) in [6, 6.07) is 14.5. The Labute approximate surface area is 190 Å². The molecule has 0 aliphatic rings. The minimum Gasteiger partial charge on any atom is -0.422 e. The SMILES string of the molecule is CC(C)(C)C(=O)Oc1ccc(C(=O)CCNCc2ccccc2)cc1OC(=O)C(C)(C)C. The predicted molar refractivity (Wildman–Crippen MR) is 124 cm³/mol. The minimum atomic E-state index is -0.757. The Bertz CT molecular complexity index is 952. The Balaban J connectivity index is 2.12. The summed E-state index contributed by atoms with van der Waals surface area (Å²) in [6.45, 7) is 11.6. The minimum absolute atomic E-state index is 0.0608. The number of esters is 2. The highest BCUT2D eigenvalue weighted by Gasteiger charge is 2.28. The maximum atomic E-state index is 12.7. The largest absolute Gasteiger partial charge is 0.422 e. The first kappa shape index (κ1) is 25.3. The fraction of sp³-hybridized carbons (Fsp3) is 0.423. The van der Waals surface area contributed by atoms with Crippen molar-refractivity contribution in [2.45, 2.75) is 54.5 Å². The van der Waals surface area contributed by atoms with Gasteiger partial charge in [-0.3, -0.25) is 14.4 Å². The number of carbonyl (C=O) groups is 3. The van der Waals surface area contributed by atoms with Crippen molar-refractivity contribution in [1.82, 2.24) is 5.32 Å². The van der Waals surface area contributed by atoms with E-state index in [2.05, 4.69) is 5.32 Å². The van der Waals surface area contributed by atoms with Gasteiger partial charge in [0.05, 0.1) is 10.8 Å². The zero-order valence-corrected chi connectivity index (χ0v) is 19.8. The number of benzene rings is 2. The molecule has 0 spiro atoms. The molecule has 1 N–H and O–H groups in total. The fourth-order valence-corrected chi connectivity index (χ4v) is 2.53. The first-order valence-electron chi connectivity index (χ1n) is 10.7. The van der Waals surface area contributed by atoms with Crippen LogP contribution in [0.4, 0.5) is 0 Å². The lowest BCUT2D eigenvalue weighted by atomic mass is 9.97. The van der Waals surface area contributed by atoms with Gasteiger partial charge in [0.15, 0.2) is 17.3 Å². The Hall–Kier alpha value is -2.99. The molecule has 0 unspecified atom stereocenters. The van der Waals surface area contributed by atoms with Gasteiger partial charge in [0.25, 0.3) is 0 Å². The summed E-state index contributed by atoms with van der Waals surface area (Å²) in [5, 5.41) is 3.25. The summed E-state index contributed by atoms with van der Waals surface area (Å²) in [7, 11) is 0. The fourth-order valence-electron chi connectivity index (χ4n) is 2.53. The number of rotatable bonds is 8. The molecule has 0 atom stereocenters. The molecule has 0 aromatic heterocycles. The summed E-state index contributed by atoms with van der Waals surface area (Å²) in [5.74, 6) is -0.881. The van der Waals surface area contributed by atoms with Crippen molar-refractivity contribution in [3.05, 3.63) is 59.7 Å². The average molecular weight is 440 g/mol. The lowest BCUT2D eigenvalue weighted by Crippen LogP contribution is -2.28. The molecule has 0 bridgehead atoms. The van der Waals surface area contributed by atoms with E-state index >= 15 is 0 Å². The van der Waals surface area contributed by atoms with E-state index in [0.717, 1.165) is 5.56 Å². The second-order valence-electron chi connectivity index (χ2n) is 9.78. The molecule has 0 fully saturated rings. The van der Waals surface area contributed by atoms with E-state index in [0.29, 0.717) is 18.7 Å². The van der Waals surface area contributed by atoms with Gasteiger partial charge < -0.3 is 14.8 Å². The van der Waals surface area contributed by atoms with Crippen LogP contribution in [0.3, 0.4) is 0 Å². The molecule has 0 saturated heterocycles. The zero-order chi connectivity index (χ0) is 23.9. The number of hydrogen-bond donors (Lipinski definition) is 1. The Morgan fingerprint density at radius 1 is 0.781 bits per heavy atom. The number of Topliss-reactive ketones (excluding diaryl/α,β-unsaturated/α-hetero) is 1. The second kappa shape index (κ2) is 10.6. The molecule has 0 aliphatic heterocycles. The topological polar surface area (TPSA) is 81.7 Å². The first-order chi connectivity index (χ1) is 14.9. The standard InChI is InChI=1S/C26H33NO5/c1-25(2,3)23(29)31-21-13-12-19(16-22(21)32-24(30)26(4,5)6)20(28)14-15-27-17-18-10-8-7-9-11-18/h7-13,16,27H,14-15,17H2,1-6H3. The monoisotopic (exact) mass is 439 g/mol. The van der Waals surface area contributed by atoms with Gasteiger partial charge in [0, 0.05) is 25.1 Å². The summed E-state index contributed by atoms with van der Waals surface area (Å²) in [5.41, 5.74) is 0.0387. The van der Waals surface area contributed by atoms with Crippen LogP contribution in [-0.4, -0.2) is 24.3 Å². The van der Waals surface area contributed by atoms with Gasteiger partial charge in [-0.15, -0.1) is 0 Å². The molecule has 0 amide bonds. The van der Waals surface area contributed by atoms with Crippen LogP contribution in [0.2, 0.25) is 0 Å². The molecule has 2 aromatic carbocycles. The van der Waals surface area contributed by atoms with E-state index in [1.54, 1.807) is 47.6 Å². The molecule has 2 aromatic rings. The first-order valence-corrected chi connectivity index (χ1v) is 10.7. The zero-order valence-electron chi connectivity index (χ0n) is 19.8. The average Bonchev–Trinajstić information content (AvgIpc) is 2.71. The van der Waals surface area contributed by atoms with Crippen LogP contribution in [0.5, 0.6) is 11.5 Å². The Kier molecular flexibility index (Phi) is 8.33. The molecular weight excluding hydrogens is 406 g/mol. The maximum absolute atomic E-state index is 12.7. The molecule has 172 valence electrons. The number of nitrogens with one attached hydrogen (secondary N) is 1. The Morgan fingerprint density at radius 2 is 1.34 bits per heavy atom. The van der Waals surface area contributed by atoms with Crippen molar-refractivity contribution in [3.8, 4) is 11.5 Å². The van der Waals surface area contributed by atoms with Crippen LogP contribution in [0.15, 0.2) is 48.5 Å². The van der Waals surface area contributed by atoms with Crippen LogP contribution in [0.1, 0.15) is 63.9 Å². The van der Waals surface area contributed by atoms with Gasteiger partial charge in [-0.05, 0) is 65.3 Å². The molecule has 0 aliphatic carbocycles. The van der Waals surface area contributed by atoms with Crippen molar-refractivity contribution in [3.63, 3.8) is 0 Å². The predicted octanol–water partition coefficient (Wildman–Crippen LogP) is 4.95. The number of hydrogen-bond acceptors (Lipinski definition) is 6. The summed E-state index contributed by atoms with van der Waals surface area (Å²) < 4.78 is 11.0. The molecule has 0 heterocycles. The highest BCUT2D eigenvalue weighted by atomic mass is 16.6. The Morgan fingerprint density at radius 3 is 1.91 bits per heavy atom. The van der Waals surface area contributed by atoms with Gasteiger partial charge in [0.2, 0.25) is 0 Å². The van der Waals surface area contributed by atoms with Crippen molar-refractivity contribution in [2.24, 2.45) is 10.8 Å². The van der Waals surface area contributed by atoms with Crippen LogP contribution >= 0.6 is 0 Å². The van der Waals surface area contributed by atoms with Crippen molar-refractivity contribution >= 4 is 17.7 Å². The highest BCUT2D eigenvalue weighted by Crippen LogP contribution is 2.32. The molecule has 0 radical (unpaired) electrons. The number of ketones is 1. The van der Waals surface area contributed by atoms with Gasteiger partial charge in [-0.25, -0.2) is 0 Å². The lowest BCUT2D eigenvalue weighted by molar-refractivity contribution is -0.145.